The fourth-order valence-electron chi connectivity index (χ4n) is 2.32. The molecule has 1 aliphatic heterocycles. The van der Waals surface area contributed by atoms with Gasteiger partial charge in [-0.25, -0.2) is 4.79 Å². The molecule has 0 saturated carbocycles. The molecule has 98 valence electrons. The van der Waals surface area contributed by atoms with Gasteiger partial charge in [-0.1, -0.05) is 0 Å². The maximum absolute atomic E-state index is 11.2. The highest BCUT2D eigenvalue weighted by molar-refractivity contribution is 5.94. The van der Waals surface area contributed by atoms with Crippen molar-refractivity contribution in [2.75, 3.05) is 18.0 Å². The van der Waals surface area contributed by atoms with Crippen LogP contribution in [-0.2, 0) is 0 Å². The van der Waals surface area contributed by atoms with Gasteiger partial charge in [0, 0.05) is 19.3 Å². The van der Waals surface area contributed by atoms with Gasteiger partial charge in [-0.05, 0) is 32.3 Å². The van der Waals surface area contributed by atoms with Gasteiger partial charge >= 0.3 is 5.97 Å². The standard InChI is InChI=1S/C13H18N2O3/c1-13(18)4-2-7-15(8-5-13)11-9-14-6-3-10(11)12(16)17/h3,6,9,18H,2,4-5,7-8H2,1H3,(H,16,17). The molecule has 1 unspecified atom stereocenters. The molecule has 1 aromatic heterocycles. The molecule has 1 fully saturated rings. The first kappa shape index (κ1) is 12.8. The Kier molecular flexibility index (Phi) is 3.52. The van der Waals surface area contributed by atoms with E-state index >= 15 is 0 Å². The van der Waals surface area contributed by atoms with E-state index in [1.807, 2.05) is 11.8 Å². The van der Waals surface area contributed by atoms with Gasteiger partial charge < -0.3 is 15.1 Å². The SMILES string of the molecule is CC1(O)CCCN(c2cnccc2C(=O)O)CC1. The molecular weight excluding hydrogens is 232 g/mol. The van der Waals surface area contributed by atoms with Crippen LogP contribution in [0.4, 0.5) is 5.69 Å². The third-order valence-electron chi connectivity index (χ3n) is 3.43. The third-order valence-corrected chi connectivity index (χ3v) is 3.43. The summed E-state index contributed by atoms with van der Waals surface area (Å²) < 4.78 is 0. The van der Waals surface area contributed by atoms with E-state index in [2.05, 4.69) is 4.98 Å². The van der Waals surface area contributed by atoms with Crippen molar-refractivity contribution < 1.29 is 15.0 Å². The molecule has 2 N–H and O–H groups in total. The lowest BCUT2D eigenvalue weighted by molar-refractivity contribution is 0.0481. The van der Waals surface area contributed by atoms with E-state index in [0.717, 1.165) is 19.4 Å². The van der Waals surface area contributed by atoms with Crippen LogP contribution < -0.4 is 4.90 Å². The summed E-state index contributed by atoms with van der Waals surface area (Å²) in [6, 6.07) is 1.51. The molecule has 0 spiro atoms. The third kappa shape index (κ3) is 2.79. The minimum atomic E-state index is -0.941. The van der Waals surface area contributed by atoms with E-state index in [1.165, 1.54) is 12.3 Å². The molecule has 18 heavy (non-hydrogen) atoms. The Bertz CT molecular complexity index is 446. The Labute approximate surface area is 106 Å². The van der Waals surface area contributed by atoms with Crippen molar-refractivity contribution >= 4 is 11.7 Å². The molecule has 0 aliphatic carbocycles. The van der Waals surface area contributed by atoms with E-state index < -0.39 is 11.6 Å². The van der Waals surface area contributed by atoms with Crippen LogP contribution in [0.15, 0.2) is 18.5 Å². The Hall–Kier alpha value is -1.62. The number of carbonyl (C=O) groups is 1. The lowest BCUT2D eigenvalue weighted by Crippen LogP contribution is -2.29. The fourth-order valence-corrected chi connectivity index (χ4v) is 2.32. The van der Waals surface area contributed by atoms with Crippen LogP contribution in [0.25, 0.3) is 0 Å². The Morgan fingerprint density at radius 3 is 2.94 bits per heavy atom. The number of carboxylic acids is 1. The predicted octanol–water partition coefficient (Wildman–Crippen LogP) is 1.52. The highest BCUT2D eigenvalue weighted by Crippen LogP contribution is 2.26. The molecule has 5 heteroatoms. The van der Waals surface area contributed by atoms with Crippen molar-refractivity contribution in [2.24, 2.45) is 0 Å². The van der Waals surface area contributed by atoms with Gasteiger partial charge in [0.1, 0.15) is 0 Å². The Morgan fingerprint density at radius 1 is 1.44 bits per heavy atom. The molecule has 1 aliphatic rings. The topological polar surface area (TPSA) is 73.7 Å². The minimum Gasteiger partial charge on any atom is -0.478 e. The molecule has 0 radical (unpaired) electrons. The zero-order valence-electron chi connectivity index (χ0n) is 10.5. The van der Waals surface area contributed by atoms with Gasteiger partial charge in [0.25, 0.3) is 0 Å². The quantitative estimate of drug-likeness (QED) is 0.832. The summed E-state index contributed by atoms with van der Waals surface area (Å²) in [5, 5.41) is 19.2. The first-order valence-electron chi connectivity index (χ1n) is 6.14. The first-order chi connectivity index (χ1) is 8.49. The van der Waals surface area contributed by atoms with Gasteiger partial charge in [0.05, 0.1) is 23.0 Å². The highest BCUT2D eigenvalue weighted by Gasteiger charge is 2.26. The Balaban J connectivity index is 2.24. The number of aromatic nitrogens is 1. The van der Waals surface area contributed by atoms with Crippen LogP contribution in [0.2, 0.25) is 0 Å². The van der Waals surface area contributed by atoms with Gasteiger partial charge in [-0.2, -0.15) is 0 Å². The molecule has 1 atom stereocenters. The summed E-state index contributed by atoms with van der Waals surface area (Å²) in [5.41, 5.74) is 0.259. The number of rotatable bonds is 2. The number of aliphatic hydroxyl groups is 1. The summed E-state index contributed by atoms with van der Waals surface area (Å²) >= 11 is 0. The summed E-state index contributed by atoms with van der Waals surface area (Å²) in [6.07, 6.45) is 5.30. The van der Waals surface area contributed by atoms with Crippen molar-refractivity contribution in [3.8, 4) is 0 Å². The normalized spacial score (nSPS) is 24.7. The van der Waals surface area contributed by atoms with Gasteiger partial charge in [0.15, 0.2) is 0 Å². The lowest BCUT2D eigenvalue weighted by atomic mass is 9.98. The van der Waals surface area contributed by atoms with E-state index in [0.29, 0.717) is 18.7 Å². The minimum absolute atomic E-state index is 0.270. The maximum Gasteiger partial charge on any atom is 0.337 e. The van der Waals surface area contributed by atoms with Gasteiger partial charge in [-0.3, -0.25) is 4.98 Å². The largest absolute Gasteiger partial charge is 0.478 e. The summed E-state index contributed by atoms with van der Waals surface area (Å²) in [7, 11) is 0. The molecule has 0 amide bonds. The zero-order valence-corrected chi connectivity index (χ0v) is 10.5. The number of pyridine rings is 1. The van der Waals surface area contributed by atoms with Crippen LogP contribution in [-0.4, -0.2) is 39.9 Å². The maximum atomic E-state index is 11.2. The van der Waals surface area contributed by atoms with Crippen molar-refractivity contribution in [2.45, 2.75) is 31.8 Å². The first-order valence-corrected chi connectivity index (χ1v) is 6.14. The van der Waals surface area contributed by atoms with Crippen molar-refractivity contribution in [3.63, 3.8) is 0 Å². The van der Waals surface area contributed by atoms with Crippen LogP contribution in [0.1, 0.15) is 36.5 Å². The average molecular weight is 250 g/mol. The summed E-state index contributed by atoms with van der Waals surface area (Å²) in [4.78, 5) is 17.2. The smallest absolute Gasteiger partial charge is 0.337 e. The molecule has 2 heterocycles. The fraction of sp³-hybridized carbons (Fsp3) is 0.538. The van der Waals surface area contributed by atoms with Crippen molar-refractivity contribution in [1.82, 2.24) is 4.98 Å². The molecular formula is C13H18N2O3. The number of nitrogens with zero attached hydrogens (tertiary/aromatic N) is 2. The summed E-state index contributed by atoms with van der Waals surface area (Å²) in [6.45, 7) is 3.24. The van der Waals surface area contributed by atoms with Crippen LogP contribution in [0, 0.1) is 0 Å². The summed E-state index contributed by atoms with van der Waals surface area (Å²) in [5.74, 6) is -0.941. The van der Waals surface area contributed by atoms with Crippen LogP contribution >= 0.6 is 0 Å². The average Bonchev–Trinajstić information content (AvgIpc) is 2.50. The van der Waals surface area contributed by atoms with E-state index in [-0.39, 0.29) is 5.56 Å². The van der Waals surface area contributed by atoms with Crippen molar-refractivity contribution in [3.05, 3.63) is 24.0 Å². The monoisotopic (exact) mass is 250 g/mol. The second-order valence-electron chi connectivity index (χ2n) is 5.04. The zero-order chi connectivity index (χ0) is 13.2. The van der Waals surface area contributed by atoms with Gasteiger partial charge in [-0.15, -0.1) is 0 Å². The van der Waals surface area contributed by atoms with E-state index in [1.54, 1.807) is 6.20 Å². The second kappa shape index (κ2) is 4.94. The number of aromatic carboxylic acids is 1. The predicted molar refractivity (Wildman–Crippen MR) is 67.9 cm³/mol. The van der Waals surface area contributed by atoms with E-state index in [4.69, 9.17) is 5.11 Å². The molecule has 1 saturated heterocycles. The van der Waals surface area contributed by atoms with E-state index in [9.17, 15) is 9.90 Å². The Morgan fingerprint density at radius 2 is 2.22 bits per heavy atom. The second-order valence-corrected chi connectivity index (χ2v) is 5.04. The lowest BCUT2D eigenvalue weighted by Gasteiger charge is -2.25. The number of anilines is 1. The number of hydrogen-bond acceptors (Lipinski definition) is 4. The van der Waals surface area contributed by atoms with Gasteiger partial charge in [0.2, 0.25) is 0 Å². The molecule has 5 nitrogen and oxygen atoms in total. The molecule has 0 aromatic carbocycles. The number of carboxylic acid groups (broad SMARTS) is 1. The molecule has 0 bridgehead atoms. The molecule has 1 aromatic rings. The van der Waals surface area contributed by atoms with Crippen LogP contribution in [0.3, 0.4) is 0 Å². The highest BCUT2D eigenvalue weighted by atomic mass is 16.4. The van der Waals surface area contributed by atoms with Crippen molar-refractivity contribution in [1.29, 1.82) is 0 Å². The number of hydrogen-bond donors (Lipinski definition) is 2. The molecule has 2 rings (SSSR count). The van der Waals surface area contributed by atoms with Crippen LogP contribution in [0.5, 0.6) is 0 Å².